The van der Waals surface area contributed by atoms with Crippen LogP contribution in [0, 0.1) is 6.92 Å². The molecule has 0 aliphatic rings. The zero-order valence-corrected chi connectivity index (χ0v) is 16.9. The number of carboxylic acid groups (broad SMARTS) is 1. The lowest BCUT2D eigenvalue weighted by Gasteiger charge is -2.18. The standard InChI is InChI=1S/C20H21ClN2O6/c1-4-7-23(3)19(26)14-10-13(5-6-16(14)24)29-17-11(2)8-12(9-15(17)21)22-18(25)20(27)28/h5-6,8-10,24H,4,7H2,1-3H3,(H,22,25)(H,27,28). The number of ether oxygens (including phenoxy) is 1. The van der Waals surface area contributed by atoms with E-state index >= 15 is 0 Å². The van der Waals surface area contributed by atoms with E-state index in [-0.39, 0.29) is 39.4 Å². The van der Waals surface area contributed by atoms with Gasteiger partial charge in [0.2, 0.25) is 0 Å². The lowest BCUT2D eigenvalue weighted by molar-refractivity contribution is -0.147. The number of carbonyl (C=O) groups is 3. The van der Waals surface area contributed by atoms with Gasteiger partial charge in [0.25, 0.3) is 5.91 Å². The van der Waals surface area contributed by atoms with Crippen LogP contribution in [0.5, 0.6) is 17.2 Å². The number of aryl methyl sites for hydroxylation is 1. The second-order valence-corrected chi connectivity index (χ2v) is 6.78. The molecule has 0 radical (unpaired) electrons. The van der Waals surface area contributed by atoms with Crippen LogP contribution in [-0.2, 0) is 9.59 Å². The Morgan fingerprint density at radius 2 is 1.90 bits per heavy atom. The molecule has 0 aliphatic heterocycles. The Morgan fingerprint density at radius 3 is 2.48 bits per heavy atom. The van der Waals surface area contributed by atoms with Crippen molar-refractivity contribution in [2.75, 3.05) is 18.9 Å². The summed E-state index contributed by atoms with van der Waals surface area (Å²) in [6.45, 7) is 4.15. The van der Waals surface area contributed by atoms with E-state index in [1.807, 2.05) is 6.92 Å². The molecule has 2 amide bonds. The first kappa shape index (κ1) is 22.0. The number of hydrogen-bond donors (Lipinski definition) is 3. The van der Waals surface area contributed by atoms with Gasteiger partial charge in [0.1, 0.15) is 17.2 Å². The van der Waals surface area contributed by atoms with E-state index in [2.05, 4.69) is 5.32 Å². The van der Waals surface area contributed by atoms with E-state index in [4.69, 9.17) is 21.4 Å². The van der Waals surface area contributed by atoms with Gasteiger partial charge in [0.05, 0.1) is 10.6 Å². The van der Waals surface area contributed by atoms with E-state index in [0.717, 1.165) is 6.42 Å². The predicted molar refractivity (Wildman–Crippen MR) is 108 cm³/mol. The normalized spacial score (nSPS) is 10.3. The number of halogens is 1. The lowest BCUT2D eigenvalue weighted by Crippen LogP contribution is -2.27. The van der Waals surface area contributed by atoms with Crippen molar-refractivity contribution in [2.45, 2.75) is 20.3 Å². The summed E-state index contributed by atoms with van der Waals surface area (Å²) in [5.41, 5.74) is 0.829. The number of aliphatic carboxylic acids is 1. The first-order valence-corrected chi connectivity index (χ1v) is 9.12. The van der Waals surface area contributed by atoms with Crippen LogP contribution in [0.4, 0.5) is 5.69 Å². The molecule has 8 nitrogen and oxygen atoms in total. The number of carbonyl (C=O) groups excluding carboxylic acids is 2. The van der Waals surface area contributed by atoms with Crippen molar-refractivity contribution in [1.82, 2.24) is 4.90 Å². The second kappa shape index (κ2) is 9.29. The van der Waals surface area contributed by atoms with Gasteiger partial charge in [-0.3, -0.25) is 9.59 Å². The number of amides is 2. The quantitative estimate of drug-likeness (QED) is 0.614. The number of anilines is 1. The maximum Gasteiger partial charge on any atom is 0.394 e. The van der Waals surface area contributed by atoms with Gasteiger partial charge in [-0.1, -0.05) is 18.5 Å². The third kappa shape index (κ3) is 5.39. The summed E-state index contributed by atoms with van der Waals surface area (Å²) in [5, 5.41) is 21.1. The number of phenolic OH excluding ortho intramolecular Hbond substituents is 1. The summed E-state index contributed by atoms with van der Waals surface area (Å²) in [6.07, 6.45) is 0.777. The number of aromatic hydroxyl groups is 1. The minimum absolute atomic E-state index is 0.0950. The summed E-state index contributed by atoms with van der Waals surface area (Å²) >= 11 is 6.22. The minimum atomic E-state index is -1.62. The highest BCUT2D eigenvalue weighted by Crippen LogP contribution is 2.36. The average Bonchev–Trinajstić information content (AvgIpc) is 2.65. The first-order chi connectivity index (χ1) is 13.6. The molecule has 0 saturated carbocycles. The summed E-state index contributed by atoms with van der Waals surface area (Å²) in [4.78, 5) is 36.0. The SMILES string of the molecule is CCCN(C)C(=O)c1cc(Oc2c(C)cc(NC(=O)C(=O)O)cc2Cl)ccc1O. The number of carboxylic acids is 1. The van der Waals surface area contributed by atoms with E-state index in [1.165, 1.54) is 35.2 Å². The van der Waals surface area contributed by atoms with Gasteiger partial charge in [-0.15, -0.1) is 0 Å². The molecule has 9 heteroatoms. The molecule has 2 aromatic rings. The number of nitrogens with zero attached hydrogens (tertiary/aromatic N) is 1. The summed E-state index contributed by atoms with van der Waals surface area (Å²) in [5.74, 6) is -2.76. The highest BCUT2D eigenvalue weighted by Gasteiger charge is 2.18. The van der Waals surface area contributed by atoms with Crippen molar-refractivity contribution in [2.24, 2.45) is 0 Å². The topological polar surface area (TPSA) is 116 Å². The van der Waals surface area contributed by atoms with Gasteiger partial charge >= 0.3 is 11.9 Å². The Morgan fingerprint density at radius 1 is 1.21 bits per heavy atom. The molecule has 154 valence electrons. The number of hydrogen-bond acceptors (Lipinski definition) is 5. The molecule has 2 aromatic carbocycles. The maximum absolute atomic E-state index is 12.5. The van der Waals surface area contributed by atoms with Gasteiger partial charge in [0.15, 0.2) is 0 Å². The van der Waals surface area contributed by atoms with Crippen LogP contribution in [0.15, 0.2) is 30.3 Å². The molecule has 0 aromatic heterocycles. The van der Waals surface area contributed by atoms with Crippen molar-refractivity contribution in [1.29, 1.82) is 0 Å². The van der Waals surface area contributed by atoms with Gasteiger partial charge < -0.3 is 25.2 Å². The Balaban J connectivity index is 2.30. The monoisotopic (exact) mass is 420 g/mol. The van der Waals surface area contributed by atoms with E-state index in [1.54, 1.807) is 14.0 Å². The molecule has 0 fully saturated rings. The Hall–Kier alpha value is -3.26. The van der Waals surface area contributed by atoms with Crippen molar-refractivity contribution in [3.8, 4) is 17.2 Å². The molecule has 29 heavy (non-hydrogen) atoms. The third-order valence-corrected chi connectivity index (χ3v) is 4.29. The van der Waals surface area contributed by atoms with Crippen LogP contribution in [0.2, 0.25) is 5.02 Å². The van der Waals surface area contributed by atoms with Crippen molar-refractivity contribution < 1.29 is 29.3 Å². The maximum atomic E-state index is 12.5. The highest BCUT2D eigenvalue weighted by atomic mass is 35.5. The number of phenols is 1. The van der Waals surface area contributed by atoms with Gasteiger partial charge in [0, 0.05) is 19.3 Å². The third-order valence-electron chi connectivity index (χ3n) is 4.01. The first-order valence-electron chi connectivity index (χ1n) is 8.74. The van der Waals surface area contributed by atoms with Crippen LogP contribution < -0.4 is 10.1 Å². The zero-order valence-electron chi connectivity index (χ0n) is 16.2. The van der Waals surface area contributed by atoms with E-state index < -0.39 is 11.9 Å². The predicted octanol–water partition coefficient (Wildman–Crippen LogP) is 3.65. The molecule has 0 unspecified atom stereocenters. The fourth-order valence-corrected chi connectivity index (χ4v) is 2.93. The zero-order chi connectivity index (χ0) is 21.7. The molecule has 0 spiro atoms. The second-order valence-electron chi connectivity index (χ2n) is 6.37. The average molecular weight is 421 g/mol. The van der Waals surface area contributed by atoms with Crippen molar-refractivity contribution in [3.63, 3.8) is 0 Å². The van der Waals surface area contributed by atoms with Crippen molar-refractivity contribution in [3.05, 3.63) is 46.5 Å². The lowest BCUT2D eigenvalue weighted by atomic mass is 10.1. The smallest absolute Gasteiger partial charge is 0.394 e. The molecular weight excluding hydrogens is 400 g/mol. The van der Waals surface area contributed by atoms with Crippen molar-refractivity contribution >= 4 is 35.1 Å². The largest absolute Gasteiger partial charge is 0.507 e. The van der Waals surface area contributed by atoms with Gasteiger partial charge in [-0.05, 0) is 49.2 Å². The minimum Gasteiger partial charge on any atom is -0.507 e. The molecule has 0 aliphatic carbocycles. The van der Waals surface area contributed by atoms with Crippen LogP contribution in [0.25, 0.3) is 0 Å². The molecule has 0 atom stereocenters. The molecular formula is C20H21ClN2O6. The van der Waals surface area contributed by atoms with E-state index in [0.29, 0.717) is 12.1 Å². The van der Waals surface area contributed by atoms with Gasteiger partial charge in [-0.25, -0.2) is 4.79 Å². The summed E-state index contributed by atoms with van der Waals surface area (Å²) < 4.78 is 5.79. The Labute approximate surface area is 172 Å². The Bertz CT molecular complexity index is 937. The van der Waals surface area contributed by atoms with Crippen LogP contribution in [-0.4, -0.2) is 46.5 Å². The van der Waals surface area contributed by atoms with Crippen LogP contribution in [0.1, 0.15) is 29.3 Å². The molecule has 2 rings (SSSR count). The molecule has 3 N–H and O–H groups in total. The van der Waals surface area contributed by atoms with Gasteiger partial charge in [-0.2, -0.15) is 0 Å². The number of rotatable bonds is 6. The van der Waals surface area contributed by atoms with Crippen LogP contribution >= 0.6 is 11.6 Å². The van der Waals surface area contributed by atoms with Crippen LogP contribution in [0.3, 0.4) is 0 Å². The number of benzene rings is 2. The summed E-state index contributed by atoms with van der Waals surface area (Å²) in [7, 11) is 1.64. The fraction of sp³-hybridized carbons (Fsp3) is 0.250. The Kier molecular flexibility index (Phi) is 7.06. The number of nitrogens with one attached hydrogen (secondary N) is 1. The highest BCUT2D eigenvalue weighted by molar-refractivity contribution is 6.37. The molecule has 0 heterocycles. The summed E-state index contributed by atoms with van der Waals surface area (Å²) in [6, 6.07) is 7.12. The van der Waals surface area contributed by atoms with E-state index in [9.17, 15) is 19.5 Å². The molecule has 0 saturated heterocycles. The molecule has 0 bridgehead atoms. The fourth-order valence-electron chi connectivity index (χ4n) is 2.63.